The molecule has 0 aliphatic carbocycles. The number of rotatable bonds is 5. The molecule has 0 saturated heterocycles. The molecule has 0 fully saturated rings. The first-order valence-corrected chi connectivity index (χ1v) is 7.91. The number of para-hydroxylation sites is 1. The molecule has 0 aliphatic rings. The molecule has 0 spiro atoms. The molecule has 0 saturated carbocycles. The number of benzene rings is 1. The van der Waals surface area contributed by atoms with Crippen LogP contribution < -0.4 is 5.32 Å². The van der Waals surface area contributed by atoms with Crippen LogP contribution in [0.15, 0.2) is 46.6 Å². The van der Waals surface area contributed by atoms with Crippen LogP contribution in [0.1, 0.15) is 18.9 Å². The van der Waals surface area contributed by atoms with Gasteiger partial charge in [0, 0.05) is 29.2 Å². The van der Waals surface area contributed by atoms with Gasteiger partial charge in [-0.05, 0) is 25.5 Å². The number of aromatic amines is 1. The zero-order chi connectivity index (χ0) is 14.7. The number of nitrogens with zero attached hydrogens (tertiary/aromatic N) is 2. The third-order valence-corrected chi connectivity index (χ3v) is 4.22. The van der Waals surface area contributed by atoms with Gasteiger partial charge >= 0.3 is 0 Å². The summed E-state index contributed by atoms with van der Waals surface area (Å²) in [5.41, 5.74) is 2.23. The van der Waals surface area contributed by atoms with Gasteiger partial charge < -0.3 is 10.3 Å². The van der Waals surface area contributed by atoms with Crippen LogP contribution in [0.2, 0.25) is 0 Å². The van der Waals surface area contributed by atoms with E-state index >= 15 is 0 Å². The van der Waals surface area contributed by atoms with Crippen LogP contribution in [-0.2, 0) is 0 Å². The lowest BCUT2D eigenvalue weighted by molar-refractivity contribution is 0.925. The topological polar surface area (TPSA) is 53.6 Å². The molecule has 21 heavy (non-hydrogen) atoms. The maximum absolute atomic E-state index is 4.60. The Morgan fingerprint density at radius 2 is 2.14 bits per heavy atom. The van der Waals surface area contributed by atoms with E-state index in [4.69, 9.17) is 0 Å². The molecular weight excluding hydrogens is 280 g/mol. The molecule has 0 atom stereocenters. The van der Waals surface area contributed by atoms with Crippen LogP contribution in [0.3, 0.4) is 0 Å². The predicted molar refractivity (Wildman–Crippen MR) is 88.0 cm³/mol. The Labute approximate surface area is 128 Å². The minimum absolute atomic E-state index is 0.695. The maximum Gasteiger partial charge on any atom is 0.223 e. The standard InChI is InChI=1S/C16H18N4S/c1-3-8-17-16-18-10-11(2)15(20-16)21-14-9-12-6-4-5-7-13(12)19-14/h4-7,9-10,19H,3,8H2,1-2H3,(H,17,18,20). The van der Waals surface area contributed by atoms with Gasteiger partial charge in [0.2, 0.25) is 5.95 Å². The first kappa shape index (κ1) is 13.9. The van der Waals surface area contributed by atoms with Crippen molar-refractivity contribution >= 4 is 28.6 Å². The Morgan fingerprint density at radius 1 is 1.29 bits per heavy atom. The number of hydrogen-bond acceptors (Lipinski definition) is 4. The lowest BCUT2D eigenvalue weighted by Crippen LogP contribution is -2.05. The van der Waals surface area contributed by atoms with Crippen LogP contribution in [0.25, 0.3) is 10.9 Å². The molecule has 0 bridgehead atoms. The Balaban J connectivity index is 1.86. The van der Waals surface area contributed by atoms with Gasteiger partial charge in [0.1, 0.15) is 5.03 Å². The van der Waals surface area contributed by atoms with Gasteiger partial charge in [-0.1, -0.05) is 36.9 Å². The summed E-state index contributed by atoms with van der Waals surface area (Å²) in [6, 6.07) is 10.4. The Hall–Kier alpha value is -2.01. The fourth-order valence-electron chi connectivity index (χ4n) is 2.06. The highest BCUT2D eigenvalue weighted by atomic mass is 32.2. The third-order valence-electron chi connectivity index (χ3n) is 3.17. The van der Waals surface area contributed by atoms with Crippen LogP contribution in [0.5, 0.6) is 0 Å². The molecule has 2 aromatic heterocycles. The molecule has 108 valence electrons. The summed E-state index contributed by atoms with van der Waals surface area (Å²) in [5, 5.41) is 6.53. The van der Waals surface area contributed by atoms with E-state index in [1.54, 1.807) is 11.8 Å². The minimum Gasteiger partial charge on any atom is -0.354 e. The van der Waals surface area contributed by atoms with Crippen LogP contribution in [0, 0.1) is 6.92 Å². The quantitative estimate of drug-likeness (QED) is 0.692. The molecule has 3 aromatic rings. The van der Waals surface area contributed by atoms with Crippen molar-refractivity contribution < 1.29 is 0 Å². The highest BCUT2D eigenvalue weighted by molar-refractivity contribution is 7.99. The number of aromatic nitrogens is 3. The molecular formula is C16H18N4S. The SMILES string of the molecule is CCCNc1ncc(C)c(Sc2cc3ccccc3[nH]2)n1. The minimum atomic E-state index is 0.695. The zero-order valence-electron chi connectivity index (χ0n) is 12.2. The summed E-state index contributed by atoms with van der Waals surface area (Å²) in [7, 11) is 0. The average Bonchev–Trinajstić information content (AvgIpc) is 2.90. The van der Waals surface area contributed by atoms with Crippen molar-refractivity contribution in [1.82, 2.24) is 15.0 Å². The van der Waals surface area contributed by atoms with E-state index in [1.165, 1.54) is 5.39 Å². The van der Waals surface area contributed by atoms with E-state index in [-0.39, 0.29) is 0 Å². The second-order valence-electron chi connectivity index (χ2n) is 4.93. The van der Waals surface area contributed by atoms with Gasteiger partial charge in [-0.2, -0.15) is 0 Å². The number of nitrogens with one attached hydrogen (secondary N) is 2. The molecule has 0 aliphatic heterocycles. The number of anilines is 1. The smallest absolute Gasteiger partial charge is 0.223 e. The summed E-state index contributed by atoms with van der Waals surface area (Å²) >= 11 is 1.64. The van der Waals surface area contributed by atoms with Crippen molar-refractivity contribution in [2.45, 2.75) is 30.3 Å². The molecule has 2 N–H and O–H groups in total. The van der Waals surface area contributed by atoms with E-state index in [0.29, 0.717) is 5.95 Å². The van der Waals surface area contributed by atoms with Crippen molar-refractivity contribution in [2.24, 2.45) is 0 Å². The fourth-order valence-corrected chi connectivity index (χ4v) is 2.96. The number of H-pyrrole nitrogens is 1. The molecule has 0 unspecified atom stereocenters. The highest BCUT2D eigenvalue weighted by Gasteiger charge is 2.08. The second kappa shape index (κ2) is 6.18. The summed E-state index contributed by atoms with van der Waals surface area (Å²) < 4.78 is 0. The van der Waals surface area contributed by atoms with Crippen molar-refractivity contribution in [2.75, 3.05) is 11.9 Å². The lowest BCUT2D eigenvalue weighted by Gasteiger charge is -2.07. The van der Waals surface area contributed by atoms with Gasteiger partial charge in [0.15, 0.2) is 0 Å². The summed E-state index contributed by atoms with van der Waals surface area (Å²) in [6.45, 7) is 5.05. The van der Waals surface area contributed by atoms with Crippen molar-refractivity contribution in [3.63, 3.8) is 0 Å². The van der Waals surface area contributed by atoms with Gasteiger partial charge in [0.05, 0.1) is 5.03 Å². The molecule has 1 aromatic carbocycles. The molecule has 0 radical (unpaired) electrons. The van der Waals surface area contributed by atoms with E-state index in [0.717, 1.165) is 34.1 Å². The molecule has 0 amide bonds. The van der Waals surface area contributed by atoms with Crippen molar-refractivity contribution in [1.29, 1.82) is 0 Å². The van der Waals surface area contributed by atoms with Crippen LogP contribution in [0.4, 0.5) is 5.95 Å². The first-order valence-electron chi connectivity index (χ1n) is 7.09. The lowest BCUT2D eigenvalue weighted by atomic mass is 10.3. The Bertz CT molecular complexity index is 718. The summed E-state index contributed by atoms with van der Waals surface area (Å²) in [6.07, 6.45) is 2.93. The average molecular weight is 298 g/mol. The number of fused-ring (bicyclic) bond motifs is 1. The van der Waals surface area contributed by atoms with Gasteiger partial charge in [-0.3, -0.25) is 0 Å². The van der Waals surface area contributed by atoms with E-state index in [2.05, 4.69) is 45.4 Å². The number of hydrogen-bond donors (Lipinski definition) is 2. The maximum atomic E-state index is 4.60. The first-order chi connectivity index (χ1) is 10.3. The van der Waals surface area contributed by atoms with Gasteiger partial charge in [0.25, 0.3) is 0 Å². The fraction of sp³-hybridized carbons (Fsp3) is 0.250. The molecule has 2 heterocycles. The van der Waals surface area contributed by atoms with E-state index in [1.807, 2.05) is 25.3 Å². The monoisotopic (exact) mass is 298 g/mol. The number of aryl methyl sites for hydroxylation is 1. The van der Waals surface area contributed by atoms with Crippen LogP contribution >= 0.6 is 11.8 Å². The van der Waals surface area contributed by atoms with Crippen LogP contribution in [-0.4, -0.2) is 21.5 Å². The molecule has 5 heteroatoms. The summed E-state index contributed by atoms with van der Waals surface area (Å²) in [4.78, 5) is 12.3. The largest absolute Gasteiger partial charge is 0.354 e. The van der Waals surface area contributed by atoms with Crippen molar-refractivity contribution in [3.05, 3.63) is 42.1 Å². The Kier molecular flexibility index (Phi) is 4.10. The van der Waals surface area contributed by atoms with E-state index < -0.39 is 0 Å². The molecule has 4 nitrogen and oxygen atoms in total. The predicted octanol–water partition coefficient (Wildman–Crippen LogP) is 4.24. The van der Waals surface area contributed by atoms with E-state index in [9.17, 15) is 0 Å². The second-order valence-corrected chi connectivity index (χ2v) is 5.96. The normalized spacial score (nSPS) is 11.0. The highest BCUT2D eigenvalue weighted by Crippen LogP contribution is 2.30. The Morgan fingerprint density at radius 3 is 2.95 bits per heavy atom. The zero-order valence-corrected chi connectivity index (χ0v) is 13.0. The van der Waals surface area contributed by atoms with Gasteiger partial charge in [-0.25, -0.2) is 9.97 Å². The summed E-state index contributed by atoms with van der Waals surface area (Å²) in [5.74, 6) is 0.695. The van der Waals surface area contributed by atoms with Gasteiger partial charge in [-0.15, -0.1) is 0 Å². The van der Waals surface area contributed by atoms with Crippen molar-refractivity contribution in [3.8, 4) is 0 Å². The molecule has 3 rings (SSSR count). The third kappa shape index (κ3) is 3.19.